The van der Waals surface area contributed by atoms with Gasteiger partial charge < -0.3 is 10.2 Å². The number of amides is 1. The van der Waals surface area contributed by atoms with Crippen LogP contribution in [0.5, 0.6) is 0 Å². The lowest BCUT2D eigenvalue weighted by molar-refractivity contribution is -0.125. The van der Waals surface area contributed by atoms with E-state index in [-0.39, 0.29) is 11.8 Å². The van der Waals surface area contributed by atoms with Gasteiger partial charge in [-0.1, -0.05) is 34.1 Å². The van der Waals surface area contributed by atoms with Crippen LogP contribution in [0.1, 0.15) is 47.0 Å². The number of likely N-dealkylation sites (N-methyl/N-ethyl adjacent to an activating group) is 1. The first-order valence-corrected chi connectivity index (χ1v) is 7.09. The molecule has 1 aliphatic rings. The van der Waals surface area contributed by atoms with E-state index in [1.54, 1.807) is 0 Å². The molecule has 1 N–H and O–H groups in total. The number of nitrogens with one attached hydrogen (secondary N) is 1. The van der Waals surface area contributed by atoms with Crippen molar-refractivity contribution in [2.24, 2.45) is 11.8 Å². The van der Waals surface area contributed by atoms with Gasteiger partial charge in [-0.15, -0.1) is 0 Å². The Morgan fingerprint density at radius 2 is 2.06 bits per heavy atom. The zero-order valence-corrected chi connectivity index (χ0v) is 11.8. The molecular formula is C14H28N2O. The fourth-order valence-electron chi connectivity index (χ4n) is 2.65. The Morgan fingerprint density at radius 3 is 2.59 bits per heavy atom. The second-order valence-corrected chi connectivity index (χ2v) is 5.60. The summed E-state index contributed by atoms with van der Waals surface area (Å²) in [4.78, 5) is 14.2. The molecule has 0 spiro atoms. The number of rotatable bonds is 5. The summed E-state index contributed by atoms with van der Waals surface area (Å²) in [6, 6.07) is 0.357. The highest BCUT2D eigenvalue weighted by molar-refractivity contribution is 5.78. The third-order valence-corrected chi connectivity index (χ3v) is 3.63. The van der Waals surface area contributed by atoms with Gasteiger partial charge >= 0.3 is 0 Å². The first-order chi connectivity index (χ1) is 8.06. The summed E-state index contributed by atoms with van der Waals surface area (Å²) in [6.07, 6.45) is 3.68. The summed E-state index contributed by atoms with van der Waals surface area (Å²) >= 11 is 0. The van der Waals surface area contributed by atoms with Crippen LogP contribution < -0.4 is 5.32 Å². The molecule has 0 aromatic rings. The van der Waals surface area contributed by atoms with Crippen molar-refractivity contribution in [1.29, 1.82) is 0 Å². The van der Waals surface area contributed by atoms with Crippen LogP contribution in [0.15, 0.2) is 0 Å². The molecule has 1 aliphatic heterocycles. The second-order valence-electron chi connectivity index (χ2n) is 5.60. The highest BCUT2D eigenvalue weighted by atomic mass is 16.1. The third kappa shape index (κ3) is 4.66. The summed E-state index contributed by atoms with van der Waals surface area (Å²) in [7, 11) is 0. The molecule has 1 fully saturated rings. The van der Waals surface area contributed by atoms with Gasteiger partial charge in [-0.25, -0.2) is 0 Å². The predicted octanol–water partition coefficient (Wildman–Crippen LogP) is 2.27. The number of hydrogen-bond donors (Lipinski definition) is 1. The SMILES string of the molecule is CCCC1CC(NC(=O)C(C)C)CN(CC)C1. The van der Waals surface area contributed by atoms with Crippen molar-refractivity contribution in [3.05, 3.63) is 0 Å². The van der Waals surface area contributed by atoms with Gasteiger partial charge in [-0.05, 0) is 25.3 Å². The molecule has 2 atom stereocenters. The van der Waals surface area contributed by atoms with Gasteiger partial charge in [0, 0.05) is 25.0 Å². The van der Waals surface area contributed by atoms with Crippen molar-refractivity contribution < 1.29 is 4.79 Å². The molecule has 2 unspecified atom stereocenters. The van der Waals surface area contributed by atoms with E-state index in [1.807, 2.05) is 13.8 Å². The van der Waals surface area contributed by atoms with E-state index in [1.165, 1.54) is 19.4 Å². The molecule has 0 bridgehead atoms. The smallest absolute Gasteiger partial charge is 0.222 e. The van der Waals surface area contributed by atoms with Gasteiger partial charge in [0.1, 0.15) is 0 Å². The normalized spacial score (nSPS) is 26.2. The van der Waals surface area contributed by atoms with Crippen molar-refractivity contribution in [2.75, 3.05) is 19.6 Å². The summed E-state index contributed by atoms with van der Waals surface area (Å²) in [6.45, 7) is 11.7. The van der Waals surface area contributed by atoms with Crippen LogP contribution >= 0.6 is 0 Å². The summed E-state index contributed by atoms with van der Waals surface area (Å²) < 4.78 is 0. The lowest BCUT2D eigenvalue weighted by Gasteiger charge is -2.37. The summed E-state index contributed by atoms with van der Waals surface area (Å²) in [5, 5.41) is 3.19. The molecule has 1 rings (SSSR count). The Bertz CT molecular complexity index is 240. The van der Waals surface area contributed by atoms with Crippen LogP contribution in [-0.4, -0.2) is 36.5 Å². The van der Waals surface area contributed by atoms with Crippen LogP contribution in [0.25, 0.3) is 0 Å². The van der Waals surface area contributed by atoms with Gasteiger partial charge in [0.2, 0.25) is 5.91 Å². The molecule has 100 valence electrons. The van der Waals surface area contributed by atoms with Gasteiger partial charge in [0.15, 0.2) is 0 Å². The maximum absolute atomic E-state index is 11.7. The predicted molar refractivity (Wildman–Crippen MR) is 71.9 cm³/mol. The van der Waals surface area contributed by atoms with E-state index in [9.17, 15) is 4.79 Å². The van der Waals surface area contributed by atoms with Gasteiger partial charge in [-0.3, -0.25) is 4.79 Å². The fraction of sp³-hybridized carbons (Fsp3) is 0.929. The minimum Gasteiger partial charge on any atom is -0.352 e. The Morgan fingerprint density at radius 1 is 1.35 bits per heavy atom. The van der Waals surface area contributed by atoms with Crippen LogP contribution in [0.3, 0.4) is 0 Å². The molecular weight excluding hydrogens is 212 g/mol. The maximum atomic E-state index is 11.7. The largest absolute Gasteiger partial charge is 0.352 e. The van der Waals surface area contributed by atoms with Gasteiger partial charge in [-0.2, -0.15) is 0 Å². The van der Waals surface area contributed by atoms with Crippen LogP contribution in [0.4, 0.5) is 0 Å². The second kappa shape index (κ2) is 7.00. The molecule has 0 saturated carbocycles. The topological polar surface area (TPSA) is 32.3 Å². The highest BCUT2D eigenvalue weighted by Gasteiger charge is 2.27. The van der Waals surface area contributed by atoms with Crippen LogP contribution in [-0.2, 0) is 4.79 Å². The highest BCUT2D eigenvalue weighted by Crippen LogP contribution is 2.21. The lowest BCUT2D eigenvalue weighted by atomic mass is 9.90. The molecule has 1 saturated heterocycles. The standard InChI is InChI=1S/C14H28N2O/c1-5-7-12-8-13(10-16(6-2)9-12)15-14(17)11(3)4/h11-13H,5-10H2,1-4H3,(H,15,17). The molecule has 1 amide bonds. The zero-order chi connectivity index (χ0) is 12.8. The van der Waals surface area contributed by atoms with Crippen molar-refractivity contribution in [3.8, 4) is 0 Å². The average molecular weight is 240 g/mol. The Kier molecular flexibility index (Phi) is 5.96. The lowest BCUT2D eigenvalue weighted by Crippen LogP contribution is -2.51. The quantitative estimate of drug-likeness (QED) is 0.799. The number of carbonyl (C=O) groups is 1. The molecule has 0 aromatic heterocycles. The maximum Gasteiger partial charge on any atom is 0.222 e. The number of nitrogens with zero attached hydrogens (tertiary/aromatic N) is 1. The third-order valence-electron chi connectivity index (χ3n) is 3.63. The first kappa shape index (κ1) is 14.5. The van der Waals surface area contributed by atoms with Crippen molar-refractivity contribution >= 4 is 5.91 Å². The van der Waals surface area contributed by atoms with E-state index in [2.05, 4.69) is 24.1 Å². The number of carbonyl (C=O) groups excluding carboxylic acids is 1. The number of piperidine rings is 1. The molecule has 1 heterocycles. The zero-order valence-electron chi connectivity index (χ0n) is 11.8. The fourth-order valence-corrected chi connectivity index (χ4v) is 2.65. The van der Waals surface area contributed by atoms with Crippen LogP contribution in [0, 0.1) is 11.8 Å². The summed E-state index contributed by atoms with van der Waals surface area (Å²) in [5.74, 6) is 1.05. The molecule has 3 heteroatoms. The number of hydrogen-bond acceptors (Lipinski definition) is 2. The van der Waals surface area contributed by atoms with E-state index < -0.39 is 0 Å². The monoisotopic (exact) mass is 240 g/mol. The molecule has 0 aromatic carbocycles. The minimum atomic E-state index is 0.0941. The molecule has 0 radical (unpaired) electrons. The van der Waals surface area contributed by atoms with Gasteiger partial charge in [0.05, 0.1) is 0 Å². The minimum absolute atomic E-state index is 0.0941. The van der Waals surface area contributed by atoms with Crippen molar-refractivity contribution in [1.82, 2.24) is 10.2 Å². The summed E-state index contributed by atoms with van der Waals surface area (Å²) in [5.41, 5.74) is 0. The van der Waals surface area contributed by atoms with Crippen molar-refractivity contribution in [3.63, 3.8) is 0 Å². The Labute approximate surface area is 106 Å². The molecule has 0 aliphatic carbocycles. The van der Waals surface area contributed by atoms with Crippen molar-refractivity contribution in [2.45, 2.75) is 53.0 Å². The molecule has 3 nitrogen and oxygen atoms in total. The number of likely N-dealkylation sites (tertiary alicyclic amines) is 1. The Hall–Kier alpha value is -0.570. The average Bonchev–Trinajstić information content (AvgIpc) is 2.28. The van der Waals surface area contributed by atoms with Crippen LogP contribution in [0.2, 0.25) is 0 Å². The van der Waals surface area contributed by atoms with Gasteiger partial charge in [0.25, 0.3) is 0 Å². The van der Waals surface area contributed by atoms with E-state index in [4.69, 9.17) is 0 Å². The molecule has 17 heavy (non-hydrogen) atoms. The van der Waals surface area contributed by atoms with E-state index >= 15 is 0 Å². The van der Waals surface area contributed by atoms with E-state index in [0.29, 0.717) is 6.04 Å². The Balaban J connectivity index is 2.50. The first-order valence-electron chi connectivity index (χ1n) is 7.09. The van der Waals surface area contributed by atoms with E-state index in [0.717, 1.165) is 25.4 Å².